The van der Waals surface area contributed by atoms with E-state index >= 15 is 0 Å². The number of ether oxygens (including phenoxy) is 1. The number of carbonyl (C=O) groups excluding carboxylic acids is 1. The van der Waals surface area contributed by atoms with E-state index in [1.165, 1.54) is 13.8 Å². The molecule has 3 nitrogen and oxygen atoms in total. The standard InChI is InChI=1S/C11H11NO2/c1-11(2,8-12)10(13)14-9-6-4-3-5-7-9/h3-7H,1-2H3. The van der Waals surface area contributed by atoms with Crippen LogP contribution in [0.2, 0.25) is 0 Å². The number of rotatable bonds is 2. The van der Waals surface area contributed by atoms with Crippen molar-refractivity contribution < 1.29 is 9.53 Å². The van der Waals surface area contributed by atoms with Crippen molar-refractivity contribution in [1.82, 2.24) is 0 Å². The van der Waals surface area contributed by atoms with E-state index in [0.717, 1.165) is 0 Å². The molecule has 3 heteroatoms. The average molecular weight is 189 g/mol. The first-order valence-electron chi connectivity index (χ1n) is 4.25. The zero-order chi connectivity index (χ0) is 10.6. The maximum Gasteiger partial charge on any atom is 0.331 e. The lowest BCUT2D eigenvalue weighted by Gasteiger charge is -2.13. The Kier molecular flexibility index (Phi) is 2.88. The van der Waals surface area contributed by atoms with Gasteiger partial charge in [-0.25, -0.2) is 4.79 Å². The molecule has 0 saturated heterocycles. The lowest BCUT2D eigenvalue weighted by atomic mass is 9.96. The number of hydrogen-bond acceptors (Lipinski definition) is 3. The second kappa shape index (κ2) is 3.93. The molecule has 0 radical (unpaired) electrons. The van der Waals surface area contributed by atoms with Gasteiger partial charge in [0.25, 0.3) is 0 Å². The zero-order valence-electron chi connectivity index (χ0n) is 8.15. The van der Waals surface area contributed by atoms with Gasteiger partial charge in [-0.05, 0) is 26.0 Å². The van der Waals surface area contributed by atoms with Crippen molar-refractivity contribution in [2.24, 2.45) is 5.41 Å². The highest BCUT2D eigenvalue weighted by atomic mass is 16.5. The molecular weight excluding hydrogens is 178 g/mol. The van der Waals surface area contributed by atoms with Crippen molar-refractivity contribution in [1.29, 1.82) is 5.26 Å². The van der Waals surface area contributed by atoms with Gasteiger partial charge in [-0.15, -0.1) is 0 Å². The molecule has 0 atom stereocenters. The SMILES string of the molecule is CC(C)(C#N)C(=O)Oc1ccccc1. The quantitative estimate of drug-likeness (QED) is 0.529. The van der Waals surface area contributed by atoms with Crippen molar-refractivity contribution in [3.05, 3.63) is 30.3 Å². The number of hydrogen-bond donors (Lipinski definition) is 0. The predicted molar refractivity (Wildman–Crippen MR) is 51.5 cm³/mol. The Morgan fingerprint density at radius 2 is 1.93 bits per heavy atom. The van der Waals surface area contributed by atoms with E-state index in [0.29, 0.717) is 5.75 Å². The Hall–Kier alpha value is -1.82. The summed E-state index contributed by atoms with van der Waals surface area (Å²) in [5.41, 5.74) is -1.10. The summed E-state index contributed by atoms with van der Waals surface area (Å²) >= 11 is 0. The number of esters is 1. The topological polar surface area (TPSA) is 50.1 Å². The molecule has 0 bridgehead atoms. The van der Waals surface area contributed by atoms with Gasteiger partial charge in [0.15, 0.2) is 0 Å². The molecule has 72 valence electrons. The zero-order valence-corrected chi connectivity index (χ0v) is 8.15. The van der Waals surface area contributed by atoms with Crippen molar-refractivity contribution in [3.63, 3.8) is 0 Å². The van der Waals surface area contributed by atoms with Gasteiger partial charge in [0, 0.05) is 0 Å². The molecule has 0 fully saturated rings. The second-order valence-corrected chi connectivity index (χ2v) is 3.44. The molecule has 1 aromatic carbocycles. The summed E-state index contributed by atoms with van der Waals surface area (Å²) in [6.07, 6.45) is 0. The molecule has 0 spiro atoms. The van der Waals surface area contributed by atoms with Gasteiger partial charge in [-0.2, -0.15) is 5.26 Å². The van der Waals surface area contributed by atoms with Gasteiger partial charge >= 0.3 is 5.97 Å². The van der Waals surface area contributed by atoms with Crippen molar-refractivity contribution in [3.8, 4) is 11.8 Å². The third-order valence-electron chi connectivity index (χ3n) is 1.74. The van der Waals surface area contributed by atoms with Crippen LogP contribution in [0, 0.1) is 16.7 Å². The number of nitrogens with zero attached hydrogens (tertiary/aromatic N) is 1. The Morgan fingerprint density at radius 3 is 2.43 bits per heavy atom. The Balaban J connectivity index is 2.73. The molecule has 0 aliphatic carbocycles. The van der Waals surface area contributed by atoms with E-state index in [-0.39, 0.29) is 0 Å². The molecule has 0 heterocycles. The molecule has 0 saturated carbocycles. The fraction of sp³-hybridized carbons (Fsp3) is 0.273. The van der Waals surface area contributed by atoms with Crippen LogP contribution in [0.4, 0.5) is 0 Å². The van der Waals surface area contributed by atoms with E-state index in [4.69, 9.17) is 10.00 Å². The fourth-order valence-corrected chi connectivity index (χ4v) is 0.769. The highest BCUT2D eigenvalue weighted by molar-refractivity contribution is 5.81. The first-order chi connectivity index (χ1) is 6.56. The monoisotopic (exact) mass is 189 g/mol. The van der Waals surface area contributed by atoms with Gasteiger partial charge in [-0.1, -0.05) is 18.2 Å². The Morgan fingerprint density at radius 1 is 1.36 bits per heavy atom. The van der Waals surface area contributed by atoms with Gasteiger partial charge in [0.05, 0.1) is 6.07 Å². The van der Waals surface area contributed by atoms with Crippen LogP contribution in [0.25, 0.3) is 0 Å². The van der Waals surface area contributed by atoms with Crippen LogP contribution < -0.4 is 4.74 Å². The van der Waals surface area contributed by atoms with E-state index in [9.17, 15) is 4.79 Å². The van der Waals surface area contributed by atoms with Crippen molar-refractivity contribution in [2.45, 2.75) is 13.8 Å². The van der Waals surface area contributed by atoms with Crippen LogP contribution in [0.3, 0.4) is 0 Å². The highest BCUT2D eigenvalue weighted by Crippen LogP contribution is 2.18. The predicted octanol–water partition coefficient (Wildman–Crippen LogP) is 2.14. The molecule has 0 aliphatic heterocycles. The Labute approximate surface area is 82.9 Å². The molecule has 0 amide bonds. The number of para-hydroxylation sites is 1. The Bertz CT molecular complexity index is 363. The normalized spacial score (nSPS) is 10.4. The summed E-state index contributed by atoms with van der Waals surface area (Å²) in [6.45, 7) is 3.05. The maximum atomic E-state index is 11.4. The smallest absolute Gasteiger partial charge is 0.331 e. The first-order valence-corrected chi connectivity index (χ1v) is 4.25. The molecule has 1 aromatic rings. The minimum absolute atomic E-state index is 0.459. The van der Waals surface area contributed by atoms with Crippen LogP contribution in [-0.2, 0) is 4.79 Å². The number of carbonyl (C=O) groups is 1. The number of nitriles is 1. The minimum Gasteiger partial charge on any atom is -0.425 e. The molecule has 1 rings (SSSR count). The summed E-state index contributed by atoms with van der Waals surface area (Å²) in [5, 5.41) is 8.69. The minimum atomic E-state index is -1.10. The van der Waals surface area contributed by atoms with Gasteiger partial charge < -0.3 is 4.74 Å². The van der Waals surface area contributed by atoms with Crippen LogP contribution in [0.1, 0.15) is 13.8 Å². The lowest BCUT2D eigenvalue weighted by molar-refractivity contribution is -0.141. The molecule has 14 heavy (non-hydrogen) atoms. The summed E-state index contributed by atoms with van der Waals surface area (Å²) in [4.78, 5) is 11.4. The third kappa shape index (κ3) is 2.33. The van der Waals surface area contributed by atoms with Gasteiger partial charge in [0.1, 0.15) is 11.2 Å². The van der Waals surface area contributed by atoms with Crippen LogP contribution in [-0.4, -0.2) is 5.97 Å². The molecule has 0 unspecified atom stereocenters. The van der Waals surface area contributed by atoms with Crippen molar-refractivity contribution in [2.75, 3.05) is 0 Å². The first kappa shape index (κ1) is 10.3. The summed E-state index contributed by atoms with van der Waals surface area (Å²) in [6, 6.07) is 10.6. The number of benzene rings is 1. The van der Waals surface area contributed by atoms with Crippen molar-refractivity contribution >= 4 is 5.97 Å². The summed E-state index contributed by atoms with van der Waals surface area (Å²) in [5.74, 6) is -0.0768. The summed E-state index contributed by atoms with van der Waals surface area (Å²) < 4.78 is 5.01. The van der Waals surface area contributed by atoms with E-state index in [2.05, 4.69) is 0 Å². The summed E-state index contributed by atoms with van der Waals surface area (Å²) in [7, 11) is 0. The van der Waals surface area contributed by atoms with Gasteiger partial charge in [-0.3, -0.25) is 0 Å². The van der Waals surface area contributed by atoms with Crippen LogP contribution >= 0.6 is 0 Å². The molecule has 0 aromatic heterocycles. The fourth-order valence-electron chi connectivity index (χ4n) is 0.769. The third-order valence-corrected chi connectivity index (χ3v) is 1.74. The van der Waals surface area contributed by atoms with Gasteiger partial charge in [0.2, 0.25) is 0 Å². The lowest BCUT2D eigenvalue weighted by Crippen LogP contribution is -2.27. The van der Waals surface area contributed by atoms with E-state index < -0.39 is 11.4 Å². The maximum absolute atomic E-state index is 11.4. The molecular formula is C11H11NO2. The largest absolute Gasteiger partial charge is 0.425 e. The van der Waals surface area contributed by atoms with Crippen LogP contribution in [0.5, 0.6) is 5.75 Å². The molecule has 0 N–H and O–H groups in total. The molecule has 0 aliphatic rings. The average Bonchev–Trinajstić information content (AvgIpc) is 2.19. The van der Waals surface area contributed by atoms with E-state index in [1.807, 2.05) is 12.1 Å². The van der Waals surface area contributed by atoms with Crippen LogP contribution in [0.15, 0.2) is 30.3 Å². The highest BCUT2D eigenvalue weighted by Gasteiger charge is 2.29. The second-order valence-electron chi connectivity index (χ2n) is 3.44. The van der Waals surface area contributed by atoms with E-state index in [1.54, 1.807) is 24.3 Å².